The molecule has 1 fully saturated rings. The van der Waals surface area contributed by atoms with Gasteiger partial charge in [-0.15, -0.1) is 0 Å². The molecule has 1 rings (SSSR count). The number of likely N-dealkylation sites (N-methyl/N-ethyl adjacent to an activating group) is 1. The minimum atomic E-state index is -5.24. The van der Waals surface area contributed by atoms with E-state index in [9.17, 15) is 21.6 Å². The second kappa shape index (κ2) is 8.86. The summed E-state index contributed by atoms with van der Waals surface area (Å²) in [6, 6.07) is -0.111. The normalized spacial score (nSPS) is 18.9. The van der Waals surface area contributed by atoms with E-state index in [2.05, 4.69) is 27.4 Å². The molecule has 0 radical (unpaired) electrons. The molecule has 0 aromatic heterocycles. The van der Waals surface area contributed by atoms with Crippen LogP contribution in [0.2, 0.25) is 0 Å². The van der Waals surface area contributed by atoms with E-state index in [0.29, 0.717) is 29.7 Å². The first kappa shape index (κ1) is 21.0. The predicted octanol–water partition coefficient (Wildman–Crippen LogP) is 0.417. The van der Waals surface area contributed by atoms with E-state index >= 15 is 0 Å². The number of hydrogen-bond acceptors (Lipinski definition) is 4. The molecule has 1 aliphatic heterocycles. The maximum Gasteiger partial charge on any atom is 0.511 e. The van der Waals surface area contributed by atoms with Gasteiger partial charge in [0, 0.05) is 39.3 Å². The molecular weight excluding hydrogens is 347 g/mol. The van der Waals surface area contributed by atoms with Gasteiger partial charge in [-0.1, -0.05) is 6.92 Å². The highest BCUT2D eigenvalue weighted by molar-refractivity contribution is 7.90. The average Bonchev–Trinajstić information content (AvgIpc) is 2.53. The van der Waals surface area contributed by atoms with Gasteiger partial charge in [0.2, 0.25) is 0 Å². The number of sulfonamides is 1. The molecule has 142 valence electrons. The number of guanidine groups is 1. The molecule has 0 saturated carbocycles. The van der Waals surface area contributed by atoms with Crippen molar-refractivity contribution in [1.29, 1.82) is 0 Å². The lowest BCUT2D eigenvalue weighted by Gasteiger charge is -2.32. The molecule has 0 aromatic rings. The zero-order chi connectivity index (χ0) is 18.4. The molecule has 11 heteroatoms. The van der Waals surface area contributed by atoms with Crippen molar-refractivity contribution in [1.82, 2.24) is 19.8 Å². The Morgan fingerprint density at radius 3 is 2.38 bits per heavy atom. The van der Waals surface area contributed by atoms with Gasteiger partial charge in [0.1, 0.15) is 0 Å². The van der Waals surface area contributed by atoms with Crippen molar-refractivity contribution in [2.24, 2.45) is 4.99 Å². The molecule has 0 spiro atoms. The molecular formula is C13H26F3N5O2S. The van der Waals surface area contributed by atoms with E-state index in [-0.39, 0.29) is 19.1 Å². The van der Waals surface area contributed by atoms with Gasteiger partial charge in [-0.3, -0.25) is 4.99 Å². The molecule has 0 unspecified atom stereocenters. The molecule has 2 N–H and O–H groups in total. The quantitative estimate of drug-likeness (QED) is 0.521. The van der Waals surface area contributed by atoms with Crippen LogP contribution in [-0.4, -0.2) is 82.0 Å². The highest BCUT2D eigenvalue weighted by Gasteiger charge is 2.50. The van der Waals surface area contributed by atoms with Crippen LogP contribution in [-0.2, 0) is 10.0 Å². The van der Waals surface area contributed by atoms with E-state index in [4.69, 9.17) is 0 Å². The molecule has 0 aromatic carbocycles. The minimum Gasteiger partial charge on any atom is -0.355 e. The third kappa shape index (κ3) is 5.78. The first-order valence-corrected chi connectivity index (χ1v) is 9.28. The monoisotopic (exact) mass is 373 g/mol. The number of nitrogens with one attached hydrogen (secondary N) is 2. The number of hydrogen-bond donors (Lipinski definition) is 2. The molecule has 24 heavy (non-hydrogen) atoms. The zero-order valence-electron chi connectivity index (χ0n) is 14.2. The molecule has 0 aliphatic carbocycles. The van der Waals surface area contributed by atoms with E-state index in [0.717, 1.165) is 13.1 Å². The number of alkyl halides is 3. The molecule has 1 heterocycles. The van der Waals surface area contributed by atoms with Crippen LogP contribution in [0.5, 0.6) is 0 Å². The zero-order valence-corrected chi connectivity index (χ0v) is 15.0. The van der Waals surface area contributed by atoms with Crippen LogP contribution in [0.3, 0.4) is 0 Å². The summed E-state index contributed by atoms with van der Waals surface area (Å²) in [5.41, 5.74) is -5.24. The van der Waals surface area contributed by atoms with E-state index in [1.807, 2.05) is 7.05 Å². The van der Waals surface area contributed by atoms with Crippen LogP contribution >= 0.6 is 0 Å². The molecule has 0 bridgehead atoms. The summed E-state index contributed by atoms with van der Waals surface area (Å²) in [5.74, 6) is 0.566. The van der Waals surface area contributed by atoms with Gasteiger partial charge < -0.3 is 15.5 Å². The lowest BCUT2D eigenvalue weighted by atomic mass is 10.1. The van der Waals surface area contributed by atoms with Gasteiger partial charge in [-0.05, 0) is 26.4 Å². The second-order valence-electron chi connectivity index (χ2n) is 5.66. The largest absolute Gasteiger partial charge is 0.511 e. The van der Waals surface area contributed by atoms with Gasteiger partial charge in [0.25, 0.3) is 0 Å². The van der Waals surface area contributed by atoms with Crippen LogP contribution in [0, 0.1) is 0 Å². The number of rotatable bonds is 6. The fourth-order valence-electron chi connectivity index (χ4n) is 2.30. The summed E-state index contributed by atoms with van der Waals surface area (Å²) in [7, 11) is -1.62. The van der Waals surface area contributed by atoms with E-state index in [1.54, 1.807) is 7.05 Å². The Labute approximate surface area is 141 Å². The van der Waals surface area contributed by atoms with E-state index < -0.39 is 15.5 Å². The lowest BCUT2D eigenvalue weighted by molar-refractivity contribution is -0.0494. The Kier molecular flexibility index (Phi) is 7.74. The minimum absolute atomic E-state index is 0.111. The van der Waals surface area contributed by atoms with Gasteiger partial charge in [-0.2, -0.15) is 17.5 Å². The van der Waals surface area contributed by atoms with Crippen LogP contribution in [0.25, 0.3) is 0 Å². The summed E-state index contributed by atoms with van der Waals surface area (Å²) in [6.07, 6.45) is 0.593. The highest BCUT2D eigenvalue weighted by atomic mass is 32.2. The topological polar surface area (TPSA) is 77.0 Å². The van der Waals surface area contributed by atoms with Crippen LogP contribution < -0.4 is 10.6 Å². The van der Waals surface area contributed by atoms with Crippen molar-refractivity contribution in [3.05, 3.63) is 0 Å². The molecule has 0 atom stereocenters. The lowest BCUT2D eigenvalue weighted by Crippen LogP contribution is -2.52. The number of piperidine rings is 1. The van der Waals surface area contributed by atoms with Crippen molar-refractivity contribution in [2.75, 3.05) is 46.8 Å². The predicted molar refractivity (Wildman–Crippen MR) is 87.2 cm³/mol. The summed E-state index contributed by atoms with van der Waals surface area (Å²) >= 11 is 0. The van der Waals surface area contributed by atoms with Gasteiger partial charge in [0.15, 0.2) is 5.96 Å². The number of aliphatic imine (C=N–C) groups is 1. The van der Waals surface area contributed by atoms with Crippen LogP contribution in [0.15, 0.2) is 4.99 Å². The Morgan fingerprint density at radius 1 is 1.33 bits per heavy atom. The van der Waals surface area contributed by atoms with Crippen molar-refractivity contribution in [3.63, 3.8) is 0 Å². The smallest absolute Gasteiger partial charge is 0.355 e. The van der Waals surface area contributed by atoms with Crippen LogP contribution in [0.4, 0.5) is 13.2 Å². The fourth-order valence-corrected chi connectivity index (χ4v) is 3.28. The molecule has 0 amide bonds. The van der Waals surface area contributed by atoms with Crippen LogP contribution in [0.1, 0.15) is 19.8 Å². The Hall–Kier alpha value is -1.07. The Bertz CT molecular complexity index is 516. The van der Waals surface area contributed by atoms with Crippen molar-refractivity contribution in [2.45, 2.75) is 31.3 Å². The van der Waals surface area contributed by atoms with Gasteiger partial charge >= 0.3 is 15.5 Å². The Balaban J connectivity index is 2.45. The average molecular weight is 373 g/mol. The van der Waals surface area contributed by atoms with E-state index in [1.165, 1.54) is 0 Å². The summed E-state index contributed by atoms with van der Waals surface area (Å²) < 4.78 is 60.8. The summed E-state index contributed by atoms with van der Waals surface area (Å²) in [6.45, 7) is 4.19. The first-order valence-electron chi connectivity index (χ1n) is 7.84. The second-order valence-corrected chi connectivity index (χ2v) is 7.59. The SMILES string of the molecule is CCN(C)CCNC(=NC)NC1CCN(S(=O)(=O)C(F)(F)F)CC1. The summed E-state index contributed by atoms with van der Waals surface area (Å²) in [5, 5.41) is 6.26. The van der Waals surface area contributed by atoms with Crippen molar-refractivity contribution in [3.8, 4) is 0 Å². The van der Waals surface area contributed by atoms with Gasteiger partial charge in [0.05, 0.1) is 0 Å². The van der Waals surface area contributed by atoms with Crippen molar-refractivity contribution < 1.29 is 21.6 Å². The number of nitrogens with zero attached hydrogens (tertiary/aromatic N) is 3. The molecule has 1 aliphatic rings. The van der Waals surface area contributed by atoms with Crippen molar-refractivity contribution >= 4 is 16.0 Å². The Morgan fingerprint density at radius 2 is 1.92 bits per heavy atom. The standard InChI is InChI=1S/C13H26F3N5O2S/c1-4-20(3)10-7-18-12(17-2)19-11-5-8-21(9-6-11)24(22,23)13(14,15)16/h11H,4-10H2,1-3H3,(H2,17,18,19). The third-order valence-electron chi connectivity index (χ3n) is 3.98. The number of halogens is 3. The molecule has 7 nitrogen and oxygen atoms in total. The molecule has 1 saturated heterocycles. The highest BCUT2D eigenvalue weighted by Crippen LogP contribution is 2.28. The first-order chi connectivity index (χ1) is 11.1. The maximum absolute atomic E-state index is 12.5. The summed E-state index contributed by atoms with van der Waals surface area (Å²) in [4.78, 5) is 6.20. The maximum atomic E-state index is 12.5. The fraction of sp³-hybridized carbons (Fsp3) is 0.923. The third-order valence-corrected chi connectivity index (χ3v) is 5.61. The van der Waals surface area contributed by atoms with Gasteiger partial charge in [-0.25, -0.2) is 8.42 Å².